The summed E-state index contributed by atoms with van der Waals surface area (Å²) < 4.78 is 0.960. The van der Waals surface area contributed by atoms with Crippen LogP contribution < -0.4 is 11.4 Å². The normalized spacial score (nSPS) is 10.6. The topological polar surface area (TPSA) is 81.1 Å². The molecule has 2 aromatic rings. The van der Waals surface area contributed by atoms with E-state index in [1.165, 1.54) is 6.07 Å². The van der Waals surface area contributed by atoms with Gasteiger partial charge in [-0.05, 0) is 19.1 Å². The van der Waals surface area contributed by atoms with Crippen LogP contribution in [0.2, 0.25) is 0 Å². The Balaban J connectivity index is 3.06. The van der Waals surface area contributed by atoms with E-state index in [0.29, 0.717) is 11.2 Å². The highest BCUT2D eigenvalue weighted by molar-refractivity contribution is 5.83. The molecule has 1 aromatic heterocycles. The average Bonchev–Trinajstić information content (AvgIpc) is 2.17. The van der Waals surface area contributed by atoms with Gasteiger partial charge in [-0.25, -0.2) is 9.66 Å². The highest BCUT2D eigenvalue weighted by atomic mass is 16.3. The van der Waals surface area contributed by atoms with E-state index in [0.717, 1.165) is 4.68 Å². The molecule has 0 unspecified atom stereocenters. The summed E-state index contributed by atoms with van der Waals surface area (Å²) in [6.07, 6.45) is 0. The van der Waals surface area contributed by atoms with Gasteiger partial charge in [0.2, 0.25) is 0 Å². The number of hydrogen-bond donors (Lipinski definition) is 2. The molecular weight excluding hydrogens is 182 g/mol. The summed E-state index contributed by atoms with van der Waals surface area (Å²) >= 11 is 0. The Morgan fingerprint density at radius 2 is 2.21 bits per heavy atom. The molecule has 3 N–H and O–H groups in total. The van der Waals surface area contributed by atoms with Gasteiger partial charge in [-0.15, -0.1) is 0 Å². The Morgan fingerprint density at radius 1 is 1.50 bits per heavy atom. The van der Waals surface area contributed by atoms with E-state index in [1.54, 1.807) is 19.1 Å². The number of nitrogens with two attached hydrogens (primary N) is 1. The SMILES string of the molecule is Cc1nc2c(O)cccc2c(=O)n1N. The van der Waals surface area contributed by atoms with Gasteiger partial charge in [-0.1, -0.05) is 6.07 Å². The minimum Gasteiger partial charge on any atom is -0.506 e. The number of aromatic nitrogens is 2. The number of nitrogen functional groups attached to an aromatic ring is 1. The molecule has 5 nitrogen and oxygen atoms in total. The van der Waals surface area contributed by atoms with E-state index < -0.39 is 0 Å². The standard InChI is InChI=1S/C9H9N3O2/c1-5-11-8-6(9(14)12(5)10)3-2-4-7(8)13/h2-4,13H,10H2,1H3. The van der Waals surface area contributed by atoms with Crippen molar-refractivity contribution in [3.63, 3.8) is 0 Å². The average molecular weight is 191 g/mol. The first-order valence-electron chi connectivity index (χ1n) is 4.07. The Bertz CT molecular complexity index is 560. The van der Waals surface area contributed by atoms with Crippen molar-refractivity contribution in [3.05, 3.63) is 34.4 Å². The molecule has 72 valence electrons. The van der Waals surface area contributed by atoms with Crippen LogP contribution in [0.5, 0.6) is 5.75 Å². The number of rotatable bonds is 0. The molecule has 1 heterocycles. The van der Waals surface area contributed by atoms with Crippen LogP contribution in [0.15, 0.2) is 23.0 Å². The molecule has 0 fully saturated rings. The first-order valence-corrected chi connectivity index (χ1v) is 4.07. The number of fused-ring (bicyclic) bond motifs is 1. The summed E-state index contributed by atoms with van der Waals surface area (Å²) in [7, 11) is 0. The third kappa shape index (κ3) is 1.02. The van der Waals surface area contributed by atoms with Gasteiger partial charge in [0.05, 0.1) is 5.39 Å². The molecule has 1 aromatic carbocycles. The number of benzene rings is 1. The van der Waals surface area contributed by atoms with Crippen LogP contribution in [0.25, 0.3) is 10.9 Å². The summed E-state index contributed by atoms with van der Waals surface area (Å²) in [5.41, 5.74) is -0.0694. The van der Waals surface area contributed by atoms with E-state index in [9.17, 15) is 9.90 Å². The maximum Gasteiger partial charge on any atom is 0.279 e. The van der Waals surface area contributed by atoms with Crippen molar-refractivity contribution < 1.29 is 5.11 Å². The predicted octanol–water partition coefficient (Wildman–Crippen LogP) is 0.124. The number of hydrogen-bond acceptors (Lipinski definition) is 4. The van der Waals surface area contributed by atoms with Crippen LogP contribution in [-0.4, -0.2) is 14.8 Å². The molecule has 0 spiro atoms. The van der Waals surface area contributed by atoms with Gasteiger partial charge >= 0.3 is 0 Å². The number of phenols is 1. The van der Waals surface area contributed by atoms with Gasteiger partial charge in [0.15, 0.2) is 0 Å². The van der Waals surface area contributed by atoms with Crippen molar-refractivity contribution >= 4 is 10.9 Å². The largest absolute Gasteiger partial charge is 0.506 e. The van der Waals surface area contributed by atoms with Crippen molar-refractivity contribution in [2.75, 3.05) is 5.84 Å². The van der Waals surface area contributed by atoms with E-state index in [1.807, 2.05) is 0 Å². The fourth-order valence-electron chi connectivity index (χ4n) is 1.31. The minimum absolute atomic E-state index is 0.0108. The van der Waals surface area contributed by atoms with Crippen molar-refractivity contribution in [1.82, 2.24) is 9.66 Å². The molecule has 0 amide bonds. The molecule has 5 heteroatoms. The summed E-state index contributed by atoms with van der Waals surface area (Å²) in [5.74, 6) is 5.81. The second-order valence-electron chi connectivity index (χ2n) is 3.01. The second-order valence-corrected chi connectivity index (χ2v) is 3.01. The zero-order chi connectivity index (χ0) is 10.3. The Hall–Kier alpha value is -2.04. The molecule has 2 rings (SSSR count). The summed E-state index contributed by atoms with van der Waals surface area (Å²) in [5, 5.41) is 9.78. The van der Waals surface area contributed by atoms with Gasteiger partial charge in [0, 0.05) is 0 Å². The van der Waals surface area contributed by atoms with Crippen molar-refractivity contribution in [1.29, 1.82) is 0 Å². The molecule has 0 aliphatic carbocycles. The lowest BCUT2D eigenvalue weighted by atomic mass is 10.2. The number of aromatic hydroxyl groups is 1. The van der Waals surface area contributed by atoms with Crippen molar-refractivity contribution in [2.24, 2.45) is 0 Å². The van der Waals surface area contributed by atoms with Gasteiger partial charge in [0.1, 0.15) is 17.1 Å². The molecule has 0 saturated heterocycles. The molecule has 0 aliphatic heterocycles. The predicted molar refractivity (Wildman–Crippen MR) is 52.6 cm³/mol. The maximum atomic E-state index is 11.6. The third-order valence-corrected chi connectivity index (χ3v) is 2.09. The van der Waals surface area contributed by atoms with Crippen molar-refractivity contribution in [2.45, 2.75) is 6.92 Å². The lowest BCUT2D eigenvalue weighted by Gasteiger charge is -2.05. The molecule has 14 heavy (non-hydrogen) atoms. The van der Waals surface area contributed by atoms with E-state index >= 15 is 0 Å². The first-order chi connectivity index (χ1) is 6.61. The summed E-state index contributed by atoms with van der Waals surface area (Å²) in [6.45, 7) is 1.60. The molecule has 0 atom stereocenters. The molecule has 0 radical (unpaired) electrons. The molecule has 0 saturated carbocycles. The van der Waals surface area contributed by atoms with Crippen LogP contribution in [0.4, 0.5) is 0 Å². The fourth-order valence-corrected chi connectivity index (χ4v) is 1.31. The number of nitrogens with zero attached hydrogens (tertiary/aromatic N) is 2. The number of aryl methyl sites for hydroxylation is 1. The van der Waals surface area contributed by atoms with Crippen LogP contribution in [-0.2, 0) is 0 Å². The summed E-state index contributed by atoms with van der Waals surface area (Å²) in [6, 6.07) is 4.64. The van der Waals surface area contributed by atoms with E-state index in [4.69, 9.17) is 5.84 Å². The van der Waals surface area contributed by atoms with Crippen LogP contribution >= 0.6 is 0 Å². The second kappa shape index (κ2) is 2.73. The number of para-hydroxylation sites is 1. The van der Waals surface area contributed by atoms with Gasteiger partial charge in [-0.2, -0.15) is 0 Å². The van der Waals surface area contributed by atoms with Crippen LogP contribution in [0.1, 0.15) is 5.82 Å². The number of phenolic OH excluding ortho intramolecular Hbond substituents is 1. The lowest BCUT2D eigenvalue weighted by molar-refractivity contribution is 0.480. The fraction of sp³-hybridized carbons (Fsp3) is 0.111. The smallest absolute Gasteiger partial charge is 0.279 e. The van der Waals surface area contributed by atoms with E-state index in [-0.39, 0.29) is 16.8 Å². The Kier molecular flexibility index (Phi) is 1.67. The first kappa shape index (κ1) is 8.55. The third-order valence-electron chi connectivity index (χ3n) is 2.09. The maximum absolute atomic E-state index is 11.6. The van der Waals surface area contributed by atoms with Crippen LogP contribution in [0.3, 0.4) is 0 Å². The van der Waals surface area contributed by atoms with Gasteiger partial charge < -0.3 is 10.9 Å². The lowest BCUT2D eigenvalue weighted by Crippen LogP contribution is -2.30. The molecule has 0 bridgehead atoms. The minimum atomic E-state index is -0.358. The highest BCUT2D eigenvalue weighted by Crippen LogP contribution is 2.18. The zero-order valence-electron chi connectivity index (χ0n) is 7.56. The Morgan fingerprint density at radius 3 is 2.93 bits per heavy atom. The van der Waals surface area contributed by atoms with Crippen LogP contribution in [0, 0.1) is 6.92 Å². The zero-order valence-corrected chi connectivity index (χ0v) is 7.56. The summed E-state index contributed by atoms with van der Waals surface area (Å²) in [4.78, 5) is 15.6. The molecule has 0 aliphatic rings. The van der Waals surface area contributed by atoms with Gasteiger partial charge in [0.25, 0.3) is 5.56 Å². The highest BCUT2D eigenvalue weighted by Gasteiger charge is 2.07. The quantitative estimate of drug-likeness (QED) is 0.580. The van der Waals surface area contributed by atoms with Gasteiger partial charge in [-0.3, -0.25) is 4.79 Å². The Labute approximate surface area is 79.4 Å². The molecular formula is C9H9N3O2. The monoisotopic (exact) mass is 191 g/mol. The van der Waals surface area contributed by atoms with Crippen molar-refractivity contribution in [3.8, 4) is 5.75 Å². The van der Waals surface area contributed by atoms with E-state index in [2.05, 4.69) is 4.98 Å².